The third-order valence-corrected chi connectivity index (χ3v) is 3.28. The van der Waals surface area contributed by atoms with Gasteiger partial charge >= 0.3 is 0 Å². The van der Waals surface area contributed by atoms with E-state index in [0.29, 0.717) is 5.69 Å². The highest BCUT2D eigenvalue weighted by molar-refractivity contribution is 9.10. The van der Waals surface area contributed by atoms with E-state index in [1.165, 1.54) is 6.92 Å². The van der Waals surface area contributed by atoms with Crippen molar-refractivity contribution >= 4 is 46.1 Å². The number of aryl methyl sites for hydroxylation is 1. The van der Waals surface area contributed by atoms with Crippen molar-refractivity contribution in [1.29, 1.82) is 0 Å². The molecule has 0 heterocycles. The Morgan fingerprint density at radius 2 is 2.11 bits per heavy atom. The van der Waals surface area contributed by atoms with Gasteiger partial charge in [-0.1, -0.05) is 6.07 Å². The number of amides is 2. The third kappa shape index (κ3) is 4.34. The van der Waals surface area contributed by atoms with Gasteiger partial charge in [-0.15, -0.1) is 0 Å². The van der Waals surface area contributed by atoms with E-state index in [2.05, 4.69) is 39.2 Å². The standard InChI is InChI=1S/C12H15BrN2O2S/c1-7-3-4-10(9(13)5-7)15-12(17)11(6-18)14-8(2)16/h3-5,11,18H,6H2,1-2H3,(H,14,16)(H,15,17). The number of anilines is 1. The highest BCUT2D eigenvalue weighted by atomic mass is 79.9. The summed E-state index contributed by atoms with van der Waals surface area (Å²) >= 11 is 7.43. The minimum absolute atomic E-state index is 0.245. The molecule has 0 aliphatic rings. The Balaban J connectivity index is 2.76. The van der Waals surface area contributed by atoms with Crippen LogP contribution in [0.15, 0.2) is 22.7 Å². The van der Waals surface area contributed by atoms with Crippen LogP contribution in [0.5, 0.6) is 0 Å². The lowest BCUT2D eigenvalue weighted by Crippen LogP contribution is -2.44. The average molecular weight is 331 g/mol. The number of hydrogen-bond donors (Lipinski definition) is 3. The summed E-state index contributed by atoms with van der Waals surface area (Å²) in [6, 6.07) is 4.97. The minimum atomic E-state index is -0.640. The molecular formula is C12H15BrN2O2S. The first-order valence-electron chi connectivity index (χ1n) is 5.39. The van der Waals surface area contributed by atoms with Crippen LogP contribution >= 0.6 is 28.6 Å². The van der Waals surface area contributed by atoms with Gasteiger partial charge in [-0.05, 0) is 40.5 Å². The second kappa shape index (κ2) is 6.80. The van der Waals surface area contributed by atoms with Gasteiger partial charge in [0.2, 0.25) is 11.8 Å². The molecule has 1 rings (SSSR count). The molecule has 0 fully saturated rings. The SMILES string of the molecule is CC(=O)NC(CS)C(=O)Nc1ccc(C)cc1Br. The fourth-order valence-electron chi connectivity index (χ4n) is 1.38. The zero-order chi connectivity index (χ0) is 13.7. The maximum Gasteiger partial charge on any atom is 0.247 e. The van der Waals surface area contributed by atoms with Gasteiger partial charge in [0.1, 0.15) is 6.04 Å². The summed E-state index contributed by atoms with van der Waals surface area (Å²) in [5.41, 5.74) is 1.76. The predicted molar refractivity (Wildman–Crippen MR) is 79.0 cm³/mol. The topological polar surface area (TPSA) is 58.2 Å². The van der Waals surface area contributed by atoms with Gasteiger partial charge < -0.3 is 10.6 Å². The van der Waals surface area contributed by atoms with E-state index in [0.717, 1.165) is 10.0 Å². The lowest BCUT2D eigenvalue weighted by atomic mass is 10.2. The van der Waals surface area contributed by atoms with E-state index in [9.17, 15) is 9.59 Å². The van der Waals surface area contributed by atoms with Crippen molar-refractivity contribution in [2.45, 2.75) is 19.9 Å². The average Bonchev–Trinajstić information content (AvgIpc) is 2.29. The summed E-state index contributed by atoms with van der Waals surface area (Å²) in [7, 11) is 0. The molecule has 18 heavy (non-hydrogen) atoms. The molecule has 0 bridgehead atoms. The Hall–Kier alpha value is -1.01. The van der Waals surface area contributed by atoms with Gasteiger partial charge in [-0.3, -0.25) is 9.59 Å². The van der Waals surface area contributed by atoms with Crippen LogP contribution in [0, 0.1) is 6.92 Å². The zero-order valence-electron chi connectivity index (χ0n) is 10.2. The smallest absolute Gasteiger partial charge is 0.247 e. The molecule has 0 aliphatic carbocycles. The summed E-state index contributed by atoms with van der Waals surface area (Å²) in [5.74, 6) is -0.300. The quantitative estimate of drug-likeness (QED) is 0.741. The molecule has 1 unspecified atom stereocenters. The third-order valence-electron chi connectivity index (χ3n) is 2.26. The van der Waals surface area contributed by atoms with Gasteiger partial charge in [-0.2, -0.15) is 12.6 Å². The van der Waals surface area contributed by atoms with E-state index in [1.54, 1.807) is 6.07 Å². The minimum Gasteiger partial charge on any atom is -0.344 e. The number of rotatable bonds is 4. The molecule has 2 N–H and O–H groups in total. The van der Waals surface area contributed by atoms with Crippen molar-refractivity contribution in [3.8, 4) is 0 Å². The second-order valence-electron chi connectivity index (χ2n) is 3.91. The van der Waals surface area contributed by atoms with Crippen LogP contribution in [0.25, 0.3) is 0 Å². The van der Waals surface area contributed by atoms with Crippen molar-refractivity contribution in [2.75, 3.05) is 11.1 Å². The van der Waals surface area contributed by atoms with Crippen molar-refractivity contribution in [3.05, 3.63) is 28.2 Å². The fraction of sp³-hybridized carbons (Fsp3) is 0.333. The highest BCUT2D eigenvalue weighted by Gasteiger charge is 2.18. The summed E-state index contributed by atoms with van der Waals surface area (Å²) < 4.78 is 0.802. The van der Waals surface area contributed by atoms with Crippen LogP contribution in [-0.4, -0.2) is 23.6 Å². The molecule has 0 saturated carbocycles. The number of thiol groups is 1. The monoisotopic (exact) mass is 330 g/mol. The van der Waals surface area contributed by atoms with Crippen molar-refractivity contribution in [2.24, 2.45) is 0 Å². The molecule has 0 saturated heterocycles. The molecule has 1 aromatic rings. The Morgan fingerprint density at radius 1 is 1.44 bits per heavy atom. The van der Waals surface area contributed by atoms with Gasteiger partial charge in [0, 0.05) is 17.1 Å². The Morgan fingerprint density at radius 3 is 2.61 bits per heavy atom. The van der Waals surface area contributed by atoms with Crippen LogP contribution in [0.3, 0.4) is 0 Å². The van der Waals surface area contributed by atoms with Crippen molar-refractivity contribution < 1.29 is 9.59 Å². The largest absolute Gasteiger partial charge is 0.344 e. The van der Waals surface area contributed by atoms with E-state index in [-0.39, 0.29) is 17.6 Å². The van der Waals surface area contributed by atoms with Crippen LogP contribution < -0.4 is 10.6 Å². The lowest BCUT2D eigenvalue weighted by molar-refractivity contribution is -0.124. The second-order valence-corrected chi connectivity index (χ2v) is 5.13. The van der Waals surface area contributed by atoms with Crippen LogP contribution in [0.2, 0.25) is 0 Å². The van der Waals surface area contributed by atoms with Crippen LogP contribution in [-0.2, 0) is 9.59 Å². The number of benzene rings is 1. The summed E-state index contributed by atoms with van der Waals surface area (Å²) in [4.78, 5) is 22.9. The maximum atomic E-state index is 11.9. The number of hydrogen-bond acceptors (Lipinski definition) is 3. The van der Waals surface area contributed by atoms with Crippen LogP contribution in [0.4, 0.5) is 5.69 Å². The normalized spacial score (nSPS) is 11.8. The summed E-state index contributed by atoms with van der Waals surface area (Å²) in [5, 5.41) is 5.28. The Bertz CT molecular complexity index is 465. The van der Waals surface area contributed by atoms with E-state index < -0.39 is 6.04 Å². The fourth-order valence-corrected chi connectivity index (χ4v) is 2.23. The first kappa shape index (κ1) is 15.0. The Kier molecular flexibility index (Phi) is 5.68. The summed E-state index contributed by atoms with van der Waals surface area (Å²) in [6.07, 6.45) is 0. The van der Waals surface area contributed by atoms with Gasteiger partial charge in [-0.25, -0.2) is 0 Å². The predicted octanol–water partition coefficient (Wildman–Crippen LogP) is 2.13. The van der Waals surface area contributed by atoms with Gasteiger partial charge in [0.05, 0.1) is 5.69 Å². The molecule has 4 nitrogen and oxygen atoms in total. The number of halogens is 1. The number of nitrogens with one attached hydrogen (secondary N) is 2. The number of carbonyl (C=O) groups excluding carboxylic acids is 2. The molecule has 0 radical (unpaired) electrons. The molecule has 0 aliphatic heterocycles. The molecule has 98 valence electrons. The van der Waals surface area contributed by atoms with Crippen molar-refractivity contribution in [3.63, 3.8) is 0 Å². The molecule has 0 spiro atoms. The molecule has 1 atom stereocenters. The maximum absolute atomic E-state index is 11.9. The van der Waals surface area contributed by atoms with Crippen molar-refractivity contribution in [1.82, 2.24) is 5.32 Å². The first-order chi connectivity index (χ1) is 8.43. The van der Waals surface area contributed by atoms with Gasteiger partial charge in [0.15, 0.2) is 0 Å². The molecule has 6 heteroatoms. The molecule has 1 aromatic carbocycles. The van der Waals surface area contributed by atoms with Crippen LogP contribution in [0.1, 0.15) is 12.5 Å². The van der Waals surface area contributed by atoms with Gasteiger partial charge in [0.25, 0.3) is 0 Å². The molecule has 0 aromatic heterocycles. The zero-order valence-corrected chi connectivity index (χ0v) is 12.6. The molecule has 2 amide bonds. The highest BCUT2D eigenvalue weighted by Crippen LogP contribution is 2.23. The first-order valence-corrected chi connectivity index (χ1v) is 6.81. The summed E-state index contributed by atoms with van der Waals surface area (Å²) in [6.45, 7) is 3.33. The molecular weight excluding hydrogens is 316 g/mol. The lowest BCUT2D eigenvalue weighted by Gasteiger charge is -2.16. The van der Waals surface area contributed by atoms with E-state index in [1.807, 2.05) is 19.1 Å². The number of carbonyl (C=O) groups is 2. The van der Waals surface area contributed by atoms with E-state index >= 15 is 0 Å². The van der Waals surface area contributed by atoms with E-state index in [4.69, 9.17) is 0 Å². The Labute approximate surface area is 120 Å².